The molecule has 0 bridgehead atoms. The highest BCUT2D eigenvalue weighted by atomic mass is 32.2. The van der Waals surface area contributed by atoms with Gasteiger partial charge in [0, 0.05) is 0 Å². The Morgan fingerprint density at radius 3 is 2.57 bits per heavy atom. The van der Waals surface area contributed by atoms with Crippen LogP contribution >= 0.6 is 0 Å². The molecular weight excluding hydrogens is 210 g/mol. The summed E-state index contributed by atoms with van der Waals surface area (Å²) in [6.45, 7) is 1.94. The van der Waals surface area contributed by atoms with Gasteiger partial charge in [-0.2, -0.15) is 8.42 Å². The Kier molecular flexibility index (Phi) is 5.66. The second-order valence-corrected chi connectivity index (χ2v) is 4.41. The molecule has 0 radical (unpaired) electrons. The summed E-state index contributed by atoms with van der Waals surface area (Å²) in [5, 5.41) is 2.76. The van der Waals surface area contributed by atoms with Crippen molar-refractivity contribution in [2.24, 2.45) is 0 Å². The van der Waals surface area contributed by atoms with Crippen LogP contribution in [0.15, 0.2) is 0 Å². The van der Waals surface area contributed by atoms with E-state index in [-0.39, 0.29) is 12.2 Å². The first-order chi connectivity index (χ1) is 6.37. The number of carbonyl (C=O) groups excluding carboxylic acids is 1. The van der Waals surface area contributed by atoms with Crippen LogP contribution in [0.3, 0.4) is 0 Å². The maximum absolute atomic E-state index is 10.9. The van der Waals surface area contributed by atoms with Gasteiger partial charge in [0.05, 0.1) is 12.9 Å². The Hall–Kier alpha value is -0.660. The Morgan fingerprint density at radius 1 is 1.57 bits per heavy atom. The van der Waals surface area contributed by atoms with Crippen LogP contribution in [0.4, 0.5) is 0 Å². The van der Waals surface area contributed by atoms with E-state index in [1.807, 2.05) is 0 Å². The predicted molar refractivity (Wildman–Crippen MR) is 50.5 cm³/mol. The van der Waals surface area contributed by atoms with Crippen LogP contribution in [0.1, 0.15) is 13.3 Å². The molecular formula is C7H15NO5S. The summed E-state index contributed by atoms with van der Waals surface area (Å²) in [6.07, 6.45) is 0.250. The van der Waals surface area contributed by atoms with Crippen molar-refractivity contribution < 1.29 is 22.5 Å². The van der Waals surface area contributed by atoms with Gasteiger partial charge in [0.25, 0.3) is 10.1 Å². The minimum atomic E-state index is -3.90. The SMILES string of the molecule is COC(=O)[C@@H](C)NCCCS(=O)(=O)O. The van der Waals surface area contributed by atoms with Gasteiger partial charge < -0.3 is 10.1 Å². The van der Waals surface area contributed by atoms with Gasteiger partial charge in [0.2, 0.25) is 0 Å². The van der Waals surface area contributed by atoms with Crippen molar-refractivity contribution in [1.82, 2.24) is 5.32 Å². The first-order valence-corrected chi connectivity index (χ1v) is 5.74. The van der Waals surface area contributed by atoms with Gasteiger partial charge >= 0.3 is 5.97 Å². The molecule has 0 aliphatic carbocycles. The summed E-state index contributed by atoms with van der Waals surface area (Å²) >= 11 is 0. The molecule has 0 fully saturated rings. The summed E-state index contributed by atoms with van der Waals surface area (Å²) in [7, 11) is -2.63. The lowest BCUT2D eigenvalue weighted by Crippen LogP contribution is -2.35. The fraction of sp³-hybridized carbons (Fsp3) is 0.857. The van der Waals surface area contributed by atoms with E-state index in [9.17, 15) is 13.2 Å². The molecule has 84 valence electrons. The third-order valence-electron chi connectivity index (χ3n) is 1.58. The van der Waals surface area contributed by atoms with Crippen LogP contribution < -0.4 is 5.32 Å². The Labute approximate surface area is 83.4 Å². The Morgan fingerprint density at radius 2 is 2.14 bits per heavy atom. The molecule has 0 aliphatic heterocycles. The minimum absolute atomic E-state index is 0.250. The van der Waals surface area contributed by atoms with E-state index < -0.39 is 22.1 Å². The van der Waals surface area contributed by atoms with Gasteiger partial charge in [-0.3, -0.25) is 9.35 Å². The Bertz CT molecular complexity index is 274. The topological polar surface area (TPSA) is 92.7 Å². The quantitative estimate of drug-likeness (QED) is 0.357. The van der Waals surface area contributed by atoms with E-state index in [1.54, 1.807) is 6.92 Å². The van der Waals surface area contributed by atoms with Crippen LogP contribution in [0.25, 0.3) is 0 Å². The zero-order valence-electron chi connectivity index (χ0n) is 8.19. The summed E-state index contributed by atoms with van der Waals surface area (Å²) in [6, 6.07) is -0.471. The van der Waals surface area contributed by atoms with Crippen LogP contribution in [0.2, 0.25) is 0 Å². The largest absolute Gasteiger partial charge is 0.468 e. The zero-order valence-corrected chi connectivity index (χ0v) is 9.00. The molecule has 0 rings (SSSR count). The maximum Gasteiger partial charge on any atom is 0.322 e. The number of ether oxygens (including phenoxy) is 1. The highest BCUT2D eigenvalue weighted by Crippen LogP contribution is 1.89. The minimum Gasteiger partial charge on any atom is -0.468 e. The molecule has 14 heavy (non-hydrogen) atoms. The first kappa shape index (κ1) is 13.3. The van der Waals surface area contributed by atoms with Crippen molar-refractivity contribution in [3.8, 4) is 0 Å². The molecule has 0 aromatic carbocycles. The van der Waals surface area contributed by atoms with Gasteiger partial charge in [0.15, 0.2) is 0 Å². The van der Waals surface area contributed by atoms with Crippen LogP contribution in [0.5, 0.6) is 0 Å². The molecule has 7 heteroatoms. The number of methoxy groups -OCH3 is 1. The average molecular weight is 225 g/mol. The lowest BCUT2D eigenvalue weighted by molar-refractivity contribution is -0.142. The molecule has 0 spiro atoms. The fourth-order valence-corrected chi connectivity index (χ4v) is 1.34. The van der Waals surface area contributed by atoms with Crippen molar-refractivity contribution >= 4 is 16.1 Å². The summed E-state index contributed by atoms with van der Waals surface area (Å²) in [4.78, 5) is 10.9. The molecule has 0 aromatic heterocycles. The fourth-order valence-electron chi connectivity index (χ4n) is 0.833. The van der Waals surface area contributed by atoms with E-state index in [1.165, 1.54) is 7.11 Å². The molecule has 2 N–H and O–H groups in total. The van der Waals surface area contributed by atoms with Crippen LogP contribution in [-0.4, -0.2) is 44.4 Å². The van der Waals surface area contributed by atoms with Crippen molar-refractivity contribution in [2.45, 2.75) is 19.4 Å². The third kappa shape index (κ3) is 6.81. The smallest absolute Gasteiger partial charge is 0.322 e. The second kappa shape index (κ2) is 5.94. The lowest BCUT2D eigenvalue weighted by Gasteiger charge is -2.10. The van der Waals surface area contributed by atoms with Gasteiger partial charge in [-0.25, -0.2) is 0 Å². The van der Waals surface area contributed by atoms with E-state index in [2.05, 4.69) is 10.1 Å². The molecule has 6 nitrogen and oxygen atoms in total. The number of hydrogen-bond acceptors (Lipinski definition) is 5. The molecule has 0 heterocycles. The van der Waals surface area contributed by atoms with E-state index in [4.69, 9.17) is 4.55 Å². The van der Waals surface area contributed by atoms with Crippen LogP contribution in [-0.2, 0) is 19.6 Å². The maximum atomic E-state index is 10.9. The third-order valence-corrected chi connectivity index (χ3v) is 2.39. The molecule has 0 unspecified atom stereocenters. The molecule has 0 saturated heterocycles. The normalized spacial score (nSPS) is 13.6. The number of carbonyl (C=O) groups is 1. The number of rotatable bonds is 6. The van der Waals surface area contributed by atoms with E-state index in [0.29, 0.717) is 6.54 Å². The highest BCUT2D eigenvalue weighted by Gasteiger charge is 2.11. The standard InChI is InChI=1S/C7H15NO5S/c1-6(7(9)13-2)8-4-3-5-14(10,11)12/h6,8H,3-5H2,1-2H3,(H,10,11,12)/t6-/m1/s1. The van der Waals surface area contributed by atoms with Gasteiger partial charge in [0.1, 0.15) is 6.04 Å². The van der Waals surface area contributed by atoms with Gasteiger partial charge in [-0.15, -0.1) is 0 Å². The van der Waals surface area contributed by atoms with E-state index >= 15 is 0 Å². The van der Waals surface area contributed by atoms with Gasteiger partial charge in [-0.1, -0.05) is 0 Å². The molecule has 0 amide bonds. The van der Waals surface area contributed by atoms with Gasteiger partial charge in [-0.05, 0) is 19.9 Å². The summed E-state index contributed by atoms with van der Waals surface area (Å²) in [5.74, 6) is -0.717. The number of nitrogens with one attached hydrogen (secondary N) is 1. The van der Waals surface area contributed by atoms with Crippen molar-refractivity contribution in [2.75, 3.05) is 19.4 Å². The monoisotopic (exact) mass is 225 g/mol. The average Bonchev–Trinajstić information content (AvgIpc) is 2.09. The van der Waals surface area contributed by atoms with Crippen molar-refractivity contribution in [3.05, 3.63) is 0 Å². The summed E-state index contributed by atoms with van der Waals surface area (Å²) in [5.41, 5.74) is 0. The zero-order chi connectivity index (χ0) is 11.2. The lowest BCUT2D eigenvalue weighted by atomic mass is 10.3. The second-order valence-electron chi connectivity index (χ2n) is 2.84. The van der Waals surface area contributed by atoms with E-state index in [0.717, 1.165) is 0 Å². The Balaban J connectivity index is 3.60. The number of esters is 1. The predicted octanol–water partition coefficient (Wildman–Crippen LogP) is -0.585. The highest BCUT2D eigenvalue weighted by molar-refractivity contribution is 7.85. The van der Waals surface area contributed by atoms with Crippen molar-refractivity contribution in [3.63, 3.8) is 0 Å². The number of hydrogen-bond donors (Lipinski definition) is 2. The molecule has 0 aromatic rings. The summed E-state index contributed by atoms with van der Waals surface area (Å²) < 4.78 is 33.4. The van der Waals surface area contributed by atoms with Crippen LogP contribution in [0, 0.1) is 0 Å². The van der Waals surface area contributed by atoms with Crippen molar-refractivity contribution in [1.29, 1.82) is 0 Å². The molecule has 1 atom stereocenters. The first-order valence-electron chi connectivity index (χ1n) is 4.13. The molecule has 0 aliphatic rings. The molecule has 0 saturated carbocycles.